The fraction of sp³-hybridized carbons (Fsp3) is 0.261. The zero-order chi connectivity index (χ0) is 22.8. The number of fused-ring (bicyclic) bond motifs is 1. The Labute approximate surface area is 195 Å². The Morgan fingerprint density at radius 3 is 2.69 bits per heavy atom. The van der Waals surface area contributed by atoms with E-state index < -0.39 is 12.0 Å². The molecule has 0 aliphatic carbocycles. The molecule has 32 heavy (non-hydrogen) atoms. The number of nitrogens with zero attached hydrogens (tertiary/aromatic N) is 3. The van der Waals surface area contributed by atoms with Crippen LogP contribution in [-0.4, -0.2) is 41.0 Å². The Bertz CT molecular complexity index is 1120. The molecule has 0 fully saturated rings. The number of allylic oxidation sites excluding steroid dienone is 1. The van der Waals surface area contributed by atoms with E-state index in [2.05, 4.69) is 4.99 Å². The number of aliphatic imine (C=N–C) groups is 1. The van der Waals surface area contributed by atoms with E-state index in [9.17, 15) is 9.59 Å². The minimum atomic E-state index is -0.475. The van der Waals surface area contributed by atoms with Crippen molar-refractivity contribution in [3.63, 3.8) is 0 Å². The van der Waals surface area contributed by atoms with Crippen LogP contribution in [0.2, 0.25) is 5.02 Å². The number of carbonyl (C=O) groups excluding carboxylic acids is 2. The van der Waals surface area contributed by atoms with E-state index in [0.717, 1.165) is 11.3 Å². The lowest BCUT2D eigenvalue weighted by atomic mass is 9.94. The first kappa shape index (κ1) is 22.2. The molecule has 2 aliphatic heterocycles. The predicted molar refractivity (Wildman–Crippen MR) is 124 cm³/mol. The second-order valence-corrected chi connectivity index (χ2v) is 8.72. The van der Waals surface area contributed by atoms with Crippen LogP contribution in [0, 0.1) is 0 Å². The van der Waals surface area contributed by atoms with E-state index in [0.29, 0.717) is 33.8 Å². The third kappa shape index (κ3) is 4.33. The standard InChI is InChI=1S/C23H22ClN3O4S/c1-14-20(22(29)30-3)21(15-6-8-16(24)9-7-15)27-17(13-32-23(27)25-14)11-19(28)26(2)12-18-5-4-10-31-18/h4-10,13,21H,11-12H2,1-3H3/t21-/m1/s1. The molecule has 0 saturated heterocycles. The zero-order valence-corrected chi connectivity index (χ0v) is 19.4. The Morgan fingerprint density at radius 1 is 1.28 bits per heavy atom. The van der Waals surface area contributed by atoms with Gasteiger partial charge in [-0.25, -0.2) is 9.79 Å². The molecule has 0 bridgehead atoms. The van der Waals surface area contributed by atoms with E-state index in [1.807, 2.05) is 28.5 Å². The van der Waals surface area contributed by atoms with Crippen LogP contribution in [0.1, 0.15) is 30.7 Å². The molecule has 3 heterocycles. The molecule has 1 amide bonds. The number of hydrogen-bond acceptors (Lipinski definition) is 7. The van der Waals surface area contributed by atoms with Crippen molar-refractivity contribution in [3.8, 4) is 0 Å². The maximum absolute atomic E-state index is 13.0. The van der Waals surface area contributed by atoms with Gasteiger partial charge in [-0.05, 0) is 42.2 Å². The highest BCUT2D eigenvalue weighted by atomic mass is 35.5. The molecule has 0 unspecified atom stereocenters. The van der Waals surface area contributed by atoms with Gasteiger partial charge in [0.2, 0.25) is 5.91 Å². The summed E-state index contributed by atoms with van der Waals surface area (Å²) in [6.45, 7) is 2.17. The Hall–Kier alpha value is -2.97. The number of benzene rings is 1. The molecule has 4 rings (SSSR count). The van der Waals surface area contributed by atoms with Crippen LogP contribution in [0.4, 0.5) is 0 Å². The summed E-state index contributed by atoms with van der Waals surface area (Å²) in [6.07, 6.45) is 1.74. The second-order valence-electron chi connectivity index (χ2n) is 7.44. The minimum absolute atomic E-state index is 0.0738. The van der Waals surface area contributed by atoms with Gasteiger partial charge in [0.05, 0.1) is 43.7 Å². The van der Waals surface area contributed by atoms with Gasteiger partial charge in [-0.3, -0.25) is 4.79 Å². The summed E-state index contributed by atoms with van der Waals surface area (Å²) in [5.74, 6) is 0.180. The normalized spacial score (nSPS) is 17.6. The Kier molecular flexibility index (Phi) is 6.43. The lowest BCUT2D eigenvalue weighted by Crippen LogP contribution is -2.38. The van der Waals surface area contributed by atoms with Gasteiger partial charge in [0.15, 0.2) is 5.17 Å². The van der Waals surface area contributed by atoms with Crippen molar-refractivity contribution in [1.82, 2.24) is 9.80 Å². The van der Waals surface area contributed by atoms with Gasteiger partial charge in [-0.1, -0.05) is 35.5 Å². The first-order valence-corrected chi connectivity index (χ1v) is 11.2. The van der Waals surface area contributed by atoms with E-state index in [4.69, 9.17) is 20.8 Å². The summed E-state index contributed by atoms with van der Waals surface area (Å²) in [6, 6.07) is 10.5. The molecule has 166 valence electrons. The third-order valence-corrected chi connectivity index (χ3v) is 6.46. The molecule has 7 nitrogen and oxygen atoms in total. The van der Waals surface area contributed by atoms with Crippen molar-refractivity contribution >= 4 is 40.4 Å². The average Bonchev–Trinajstić information content (AvgIpc) is 3.43. The van der Waals surface area contributed by atoms with Crippen molar-refractivity contribution in [2.45, 2.75) is 25.9 Å². The van der Waals surface area contributed by atoms with Crippen LogP contribution in [0.15, 0.2) is 74.4 Å². The molecule has 0 radical (unpaired) electrons. The Morgan fingerprint density at radius 2 is 2.03 bits per heavy atom. The van der Waals surface area contributed by atoms with Gasteiger partial charge < -0.3 is 19.0 Å². The van der Waals surface area contributed by atoms with E-state index in [1.165, 1.54) is 18.9 Å². The highest BCUT2D eigenvalue weighted by Gasteiger charge is 2.41. The summed E-state index contributed by atoms with van der Waals surface area (Å²) < 4.78 is 10.4. The zero-order valence-electron chi connectivity index (χ0n) is 17.9. The summed E-state index contributed by atoms with van der Waals surface area (Å²) >= 11 is 7.53. The highest BCUT2D eigenvalue weighted by molar-refractivity contribution is 8.16. The van der Waals surface area contributed by atoms with Crippen LogP contribution in [-0.2, 0) is 20.9 Å². The van der Waals surface area contributed by atoms with Gasteiger partial charge in [0.1, 0.15) is 5.76 Å². The maximum atomic E-state index is 13.0. The molecule has 0 N–H and O–H groups in total. The van der Waals surface area contributed by atoms with Crippen molar-refractivity contribution in [3.05, 3.63) is 81.4 Å². The van der Waals surface area contributed by atoms with E-state index in [1.54, 1.807) is 43.3 Å². The fourth-order valence-electron chi connectivity index (χ4n) is 3.72. The monoisotopic (exact) mass is 471 g/mol. The molecule has 2 aliphatic rings. The SMILES string of the molecule is COC(=O)C1=C(C)N=C2SC=C(CC(=O)N(C)Cc3ccco3)N2[C@@H]1c1ccc(Cl)cc1. The van der Waals surface area contributed by atoms with Crippen molar-refractivity contribution in [1.29, 1.82) is 0 Å². The van der Waals surface area contributed by atoms with Crippen LogP contribution in [0.3, 0.4) is 0 Å². The quantitative estimate of drug-likeness (QED) is 0.567. The number of thioether (sulfide) groups is 1. The number of rotatable bonds is 6. The lowest BCUT2D eigenvalue weighted by molar-refractivity contribution is -0.136. The third-order valence-electron chi connectivity index (χ3n) is 5.32. The van der Waals surface area contributed by atoms with Crippen LogP contribution < -0.4 is 0 Å². The van der Waals surface area contributed by atoms with Crippen LogP contribution in [0.5, 0.6) is 0 Å². The van der Waals surface area contributed by atoms with Crippen molar-refractivity contribution in [2.24, 2.45) is 4.99 Å². The van der Waals surface area contributed by atoms with Gasteiger partial charge in [-0.15, -0.1) is 0 Å². The van der Waals surface area contributed by atoms with Gasteiger partial charge >= 0.3 is 5.97 Å². The fourth-order valence-corrected chi connectivity index (χ4v) is 4.81. The first-order chi connectivity index (χ1) is 15.4. The largest absolute Gasteiger partial charge is 0.467 e. The van der Waals surface area contributed by atoms with Gasteiger partial charge in [0.25, 0.3) is 0 Å². The summed E-state index contributed by atoms with van der Waals surface area (Å²) in [7, 11) is 3.09. The number of amides is 1. The summed E-state index contributed by atoms with van der Waals surface area (Å²) in [5.41, 5.74) is 2.64. The summed E-state index contributed by atoms with van der Waals surface area (Å²) in [5, 5.41) is 3.22. The lowest BCUT2D eigenvalue weighted by Gasteiger charge is -2.36. The van der Waals surface area contributed by atoms with Crippen molar-refractivity contribution < 1.29 is 18.7 Å². The van der Waals surface area contributed by atoms with Crippen molar-refractivity contribution in [2.75, 3.05) is 14.2 Å². The van der Waals surface area contributed by atoms with Gasteiger partial charge in [0, 0.05) is 17.8 Å². The number of amidine groups is 1. The molecule has 0 spiro atoms. The van der Waals surface area contributed by atoms with Crippen LogP contribution in [0.25, 0.3) is 0 Å². The van der Waals surface area contributed by atoms with E-state index in [-0.39, 0.29) is 12.3 Å². The molecule has 9 heteroatoms. The molecular weight excluding hydrogens is 450 g/mol. The highest BCUT2D eigenvalue weighted by Crippen LogP contribution is 2.45. The second kappa shape index (κ2) is 9.26. The summed E-state index contributed by atoms with van der Waals surface area (Å²) in [4.78, 5) is 33.9. The minimum Gasteiger partial charge on any atom is -0.467 e. The Balaban J connectivity index is 1.64. The maximum Gasteiger partial charge on any atom is 0.338 e. The molecule has 0 saturated carbocycles. The molecule has 2 aromatic rings. The number of hydrogen-bond donors (Lipinski definition) is 0. The molecular formula is C23H22ClN3O4S. The van der Waals surface area contributed by atoms with Crippen LogP contribution >= 0.6 is 23.4 Å². The molecule has 1 atom stereocenters. The number of esters is 1. The topological polar surface area (TPSA) is 75.3 Å². The number of methoxy groups -OCH3 is 1. The smallest absolute Gasteiger partial charge is 0.338 e. The number of furan rings is 1. The number of ether oxygens (including phenoxy) is 1. The van der Waals surface area contributed by atoms with Gasteiger partial charge in [-0.2, -0.15) is 0 Å². The first-order valence-electron chi connectivity index (χ1n) is 9.93. The average molecular weight is 472 g/mol. The molecule has 1 aromatic carbocycles. The number of halogens is 1. The molecule has 1 aromatic heterocycles. The predicted octanol–water partition coefficient (Wildman–Crippen LogP) is 4.73. The number of carbonyl (C=O) groups is 2. The van der Waals surface area contributed by atoms with E-state index >= 15 is 0 Å².